The Kier molecular flexibility index (Phi) is 5.99. The minimum Gasteiger partial charge on any atom is -0.508 e. The average Bonchev–Trinajstić information content (AvgIpc) is 2.96. The molecule has 5 nitrogen and oxygen atoms in total. The van der Waals surface area contributed by atoms with E-state index in [9.17, 15) is 19.8 Å². The summed E-state index contributed by atoms with van der Waals surface area (Å²) in [5, 5.41) is 21.1. The van der Waals surface area contributed by atoms with Crippen molar-refractivity contribution in [2.75, 3.05) is 0 Å². The van der Waals surface area contributed by atoms with E-state index in [-0.39, 0.29) is 17.6 Å². The van der Waals surface area contributed by atoms with Crippen LogP contribution >= 0.6 is 11.6 Å². The standard InChI is InChI=1S/C23H24ClNO4/c1-4-13(2)11-19(23(28)29)21-14(3)25(20-10-9-17(26)12-18(20)21)22(27)15-5-7-16(24)8-6-15/h5-10,12-13,19,26H,4,11H2,1-3H3,(H,28,29)/t13?,19-/m1/s1. The van der Waals surface area contributed by atoms with Crippen LogP contribution in [-0.4, -0.2) is 26.7 Å². The number of carboxylic acids is 1. The molecule has 2 atom stereocenters. The molecule has 3 rings (SSSR count). The zero-order valence-corrected chi connectivity index (χ0v) is 17.4. The Hall–Kier alpha value is -2.79. The van der Waals surface area contributed by atoms with E-state index in [1.165, 1.54) is 16.7 Å². The molecule has 0 saturated carbocycles. The third-order valence-corrected chi connectivity index (χ3v) is 5.76. The summed E-state index contributed by atoms with van der Waals surface area (Å²) in [6.45, 7) is 5.79. The number of aliphatic carboxylic acids is 1. The largest absolute Gasteiger partial charge is 0.508 e. The van der Waals surface area contributed by atoms with E-state index in [1.807, 2.05) is 13.8 Å². The number of carboxylic acid groups (broad SMARTS) is 1. The van der Waals surface area contributed by atoms with Gasteiger partial charge in [-0.15, -0.1) is 0 Å². The first-order valence-electron chi connectivity index (χ1n) is 9.61. The van der Waals surface area contributed by atoms with Gasteiger partial charge in [-0.05, 0) is 67.3 Å². The van der Waals surface area contributed by atoms with E-state index < -0.39 is 11.9 Å². The summed E-state index contributed by atoms with van der Waals surface area (Å²) in [4.78, 5) is 25.4. The lowest BCUT2D eigenvalue weighted by Crippen LogP contribution is -2.18. The fraction of sp³-hybridized carbons (Fsp3) is 0.304. The average molecular weight is 414 g/mol. The van der Waals surface area contributed by atoms with Gasteiger partial charge in [-0.2, -0.15) is 0 Å². The third kappa shape index (κ3) is 4.01. The molecule has 0 aliphatic rings. The van der Waals surface area contributed by atoms with Gasteiger partial charge in [0.15, 0.2) is 0 Å². The molecule has 0 saturated heterocycles. The lowest BCUT2D eigenvalue weighted by atomic mass is 9.87. The molecular weight excluding hydrogens is 390 g/mol. The van der Waals surface area contributed by atoms with Crippen LogP contribution in [0.15, 0.2) is 42.5 Å². The number of hydrogen-bond acceptors (Lipinski definition) is 3. The quantitative estimate of drug-likeness (QED) is 0.551. The summed E-state index contributed by atoms with van der Waals surface area (Å²) in [7, 11) is 0. The molecule has 3 aromatic rings. The van der Waals surface area contributed by atoms with Crippen LogP contribution in [0.4, 0.5) is 0 Å². The van der Waals surface area contributed by atoms with Crippen LogP contribution in [0.3, 0.4) is 0 Å². The third-order valence-electron chi connectivity index (χ3n) is 5.51. The Morgan fingerprint density at radius 2 is 1.79 bits per heavy atom. The Balaban J connectivity index is 2.24. The van der Waals surface area contributed by atoms with Gasteiger partial charge in [-0.3, -0.25) is 14.2 Å². The number of aromatic hydroxyl groups is 1. The van der Waals surface area contributed by atoms with Gasteiger partial charge in [0.05, 0.1) is 11.4 Å². The van der Waals surface area contributed by atoms with Crippen LogP contribution in [0.1, 0.15) is 54.2 Å². The number of hydrogen-bond donors (Lipinski definition) is 2. The van der Waals surface area contributed by atoms with Gasteiger partial charge < -0.3 is 10.2 Å². The number of carbonyl (C=O) groups is 2. The van der Waals surface area contributed by atoms with Gasteiger partial charge >= 0.3 is 5.97 Å². The number of aromatic nitrogens is 1. The second kappa shape index (κ2) is 8.29. The van der Waals surface area contributed by atoms with Crippen LogP contribution in [0, 0.1) is 12.8 Å². The molecule has 0 amide bonds. The second-order valence-corrected chi connectivity index (χ2v) is 7.92. The molecule has 1 aromatic heterocycles. The van der Waals surface area contributed by atoms with Crippen molar-refractivity contribution in [1.29, 1.82) is 0 Å². The topological polar surface area (TPSA) is 79.5 Å². The fourth-order valence-electron chi connectivity index (χ4n) is 3.77. The summed E-state index contributed by atoms with van der Waals surface area (Å²) in [5.41, 5.74) is 2.17. The van der Waals surface area contributed by atoms with Crippen molar-refractivity contribution in [3.8, 4) is 5.75 Å². The van der Waals surface area contributed by atoms with Gasteiger partial charge in [-0.1, -0.05) is 31.9 Å². The summed E-state index contributed by atoms with van der Waals surface area (Å²) < 4.78 is 1.53. The molecular formula is C23H24ClNO4. The van der Waals surface area contributed by atoms with Crippen LogP contribution in [-0.2, 0) is 4.79 Å². The van der Waals surface area contributed by atoms with E-state index >= 15 is 0 Å². The Labute approximate surface area is 174 Å². The highest BCUT2D eigenvalue weighted by Gasteiger charge is 2.30. The van der Waals surface area contributed by atoms with Crippen molar-refractivity contribution in [3.05, 3.63) is 64.3 Å². The van der Waals surface area contributed by atoms with Gasteiger partial charge in [0.1, 0.15) is 5.75 Å². The monoisotopic (exact) mass is 413 g/mol. The maximum absolute atomic E-state index is 13.3. The van der Waals surface area contributed by atoms with E-state index in [4.69, 9.17) is 11.6 Å². The summed E-state index contributed by atoms with van der Waals surface area (Å²) >= 11 is 5.94. The number of rotatable bonds is 6. The van der Waals surface area contributed by atoms with Crippen molar-refractivity contribution >= 4 is 34.4 Å². The smallest absolute Gasteiger partial charge is 0.311 e. The molecule has 0 fully saturated rings. The molecule has 1 heterocycles. The van der Waals surface area contributed by atoms with Crippen molar-refractivity contribution in [2.45, 2.75) is 39.5 Å². The maximum atomic E-state index is 13.3. The lowest BCUT2D eigenvalue weighted by molar-refractivity contribution is -0.139. The molecule has 2 aromatic carbocycles. The summed E-state index contributed by atoms with van der Waals surface area (Å²) in [6, 6.07) is 11.3. The first-order chi connectivity index (χ1) is 13.7. The number of phenols is 1. The molecule has 152 valence electrons. The van der Waals surface area contributed by atoms with E-state index in [2.05, 4.69) is 0 Å². The van der Waals surface area contributed by atoms with Crippen LogP contribution in [0.2, 0.25) is 5.02 Å². The van der Waals surface area contributed by atoms with Gasteiger partial charge in [0, 0.05) is 21.7 Å². The van der Waals surface area contributed by atoms with E-state index in [1.54, 1.807) is 37.3 Å². The highest BCUT2D eigenvalue weighted by atomic mass is 35.5. The predicted molar refractivity (Wildman–Crippen MR) is 114 cm³/mol. The number of carbonyl (C=O) groups excluding carboxylic acids is 1. The number of fused-ring (bicyclic) bond motifs is 1. The van der Waals surface area contributed by atoms with Crippen molar-refractivity contribution < 1.29 is 19.8 Å². The van der Waals surface area contributed by atoms with E-state index in [0.717, 1.165) is 6.42 Å². The minimum atomic E-state index is -0.935. The van der Waals surface area contributed by atoms with E-state index in [0.29, 0.717) is 39.2 Å². The first-order valence-corrected chi connectivity index (χ1v) is 9.99. The number of phenolic OH excluding ortho intramolecular Hbond substituents is 1. The molecule has 29 heavy (non-hydrogen) atoms. The van der Waals surface area contributed by atoms with Gasteiger partial charge in [0.2, 0.25) is 0 Å². The van der Waals surface area contributed by atoms with Crippen molar-refractivity contribution in [3.63, 3.8) is 0 Å². The summed E-state index contributed by atoms with van der Waals surface area (Å²) in [6.07, 6.45) is 1.31. The number of nitrogens with zero attached hydrogens (tertiary/aromatic N) is 1. The van der Waals surface area contributed by atoms with Crippen molar-refractivity contribution in [1.82, 2.24) is 4.57 Å². The summed E-state index contributed by atoms with van der Waals surface area (Å²) in [5.74, 6) is -1.74. The highest BCUT2D eigenvalue weighted by molar-refractivity contribution is 6.30. The Morgan fingerprint density at radius 3 is 2.38 bits per heavy atom. The normalized spacial score (nSPS) is 13.4. The molecule has 0 aliphatic carbocycles. The SMILES string of the molecule is CCC(C)C[C@@H](C(=O)O)c1c(C)n(C(=O)c2ccc(Cl)cc2)c2ccc(O)cc12. The molecule has 0 aliphatic heterocycles. The second-order valence-electron chi connectivity index (χ2n) is 7.49. The maximum Gasteiger partial charge on any atom is 0.311 e. The molecule has 6 heteroatoms. The molecule has 2 N–H and O–H groups in total. The molecule has 1 unspecified atom stereocenters. The van der Waals surface area contributed by atoms with Gasteiger partial charge in [-0.25, -0.2) is 0 Å². The number of benzene rings is 2. The Bertz CT molecular complexity index is 1070. The zero-order valence-electron chi connectivity index (χ0n) is 16.6. The highest BCUT2D eigenvalue weighted by Crippen LogP contribution is 2.37. The van der Waals surface area contributed by atoms with Crippen LogP contribution < -0.4 is 0 Å². The predicted octanol–water partition coefficient (Wildman–Crippen LogP) is 5.60. The zero-order chi connectivity index (χ0) is 21.3. The first kappa shape index (κ1) is 20.9. The van der Waals surface area contributed by atoms with Crippen LogP contribution in [0.5, 0.6) is 5.75 Å². The lowest BCUT2D eigenvalue weighted by Gasteiger charge is -2.17. The van der Waals surface area contributed by atoms with Gasteiger partial charge in [0.25, 0.3) is 5.91 Å². The van der Waals surface area contributed by atoms with Crippen molar-refractivity contribution in [2.24, 2.45) is 5.92 Å². The molecule has 0 spiro atoms. The van der Waals surface area contributed by atoms with Crippen LogP contribution in [0.25, 0.3) is 10.9 Å². The minimum absolute atomic E-state index is 0.0301. The Morgan fingerprint density at radius 1 is 1.14 bits per heavy atom. The molecule has 0 radical (unpaired) electrons. The fourth-order valence-corrected chi connectivity index (χ4v) is 3.89. The number of halogens is 1. The molecule has 0 bridgehead atoms.